The number of benzene rings is 1. The quantitative estimate of drug-likeness (QED) is 0.799. The fourth-order valence-electron chi connectivity index (χ4n) is 3.33. The number of carboxylic acid groups (broad SMARTS) is 1. The third kappa shape index (κ3) is 4.68. The minimum atomic E-state index is -0.959. The van der Waals surface area contributed by atoms with Crippen LogP contribution in [0.1, 0.15) is 44.2 Å². The minimum Gasteiger partial charge on any atom is -0.481 e. The number of carbonyl (C=O) groups excluding carboxylic acids is 1. The van der Waals surface area contributed by atoms with E-state index >= 15 is 0 Å². The lowest BCUT2D eigenvalue weighted by molar-refractivity contribution is -0.142. The molecule has 3 rings (SSSR count). The molecule has 0 aliphatic carbocycles. The second kappa shape index (κ2) is 8.42. The van der Waals surface area contributed by atoms with Crippen molar-refractivity contribution in [3.05, 3.63) is 53.6 Å². The van der Waals surface area contributed by atoms with Gasteiger partial charge >= 0.3 is 5.97 Å². The molecule has 0 saturated carbocycles. The third-order valence-electron chi connectivity index (χ3n) is 5.26. The number of anilines is 2. The van der Waals surface area contributed by atoms with Gasteiger partial charge in [-0.25, -0.2) is 4.98 Å². The summed E-state index contributed by atoms with van der Waals surface area (Å²) in [5.41, 5.74) is 0.578. The van der Waals surface area contributed by atoms with Crippen LogP contribution in [0.4, 0.5) is 11.6 Å². The number of carbonyl (C=O) groups is 2. The Morgan fingerprint density at radius 1 is 1.07 bits per heavy atom. The molecule has 6 nitrogen and oxygen atoms in total. The van der Waals surface area contributed by atoms with Gasteiger partial charge in [0.1, 0.15) is 11.6 Å². The van der Waals surface area contributed by atoms with Crippen LogP contribution in [0.3, 0.4) is 0 Å². The van der Waals surface area contributed by atoms with Gasteiger partial charge in [0.2, 0.25) is 5.91 Å². The lowest BCUT2D eigenvalue weighted by Crippen LogP contribution is -2.30. The summed E-state index contributed by atoms with van der Waals surface area (Å²) in [5, 5.41) is 12.2. The molecule has 0 atom stereocenters. The smallest absolute Gasteiger partial charge is 0.313 e. The van der Waals surface area contributed by atoms with Crippen molar-refractivity contribution in [2.24, 2.45) is 0 Å². The van der Waals surface area contributed by atoms with E-state index in [1.165, 1.54) is 19.3 Å². The van der Waals surface area contributed by atoms with E-state index in [1.807, 2.05) is 12.1 Å². The Labute approximate surface area is 165 Å². The minimum absolute atomic E-state index is 0.145. The highest BCUT2D eigenvalue weighted by Gasteiger charge is 2.29. The summed E-state index contributed by atoms with van der Waals surface area (Å²) in [6.07, 6.45) is 3.82. The van der Waals surface area contributed by atoms with Crippen LogP contribution in [0.2, 0.25) is 0 Å². The molecule has 1 aromatic heterocycles. The molecule has 1 aliphatic heterocycles. The standard InChI is InChI=1S/C22H27N3O3/c1-22(2,21(27)28)17-11-9-16(10-12-17)15-20(26)24-18-7-6-8-19(23-18)25-13-4-3-5-14-25/h6-12H,3-5,13-15H2,1-2H3,(H,27,28)(H,23,24,26). The fraction of sp³-hybridized carbons (Fsp3) is 0.409. The number of aliphatic carboxylic acids is 1. The molecule has 0 radical (unpaired) electrons. The maximum atomic E-state index is 12.4. The van der Waals surface area contributed by atoms with Crippen LogP contribution in [0.25, 0.3) is 0 Å². The zero-order valence-electron chi connectivity index (χ0n) is 16.4. The van der Waals surface area contributed by atoms with Crippen LogP contribution in [0.15, 0.2) is 42.5 Å². The summed E-state index contributed by atoms with van der Waals surface area (Å²) >= 11 is 0. The molecule has 6 heteroatoms. The molecule has 1 aromatic carbocycles. The number of piperidine rings is 1. The average molecular weight is 381 g/mol. The van der Waals surface area contributed by atoms with Gasteiger partial charge in [-0.15, -0.1) is 0 Å². The first-order valence-electron chi connectivity index (χ1n) is 9.71. The SMILES string of the molecule is CC(C)(C(=O)O)c1ccc(CC(=O)Nc2cccc(N3CCCCC3)n2)cc1. The normalized spacial score (nSPS) is 14.6. The zero-order chi connectivity index (χ0) is 20.1. The molecule has 1 aliphatic rings. The van der Waals surface area contributed by atoms with Crippen LogP contribution in [0.5, 0.6) is 0 Å². The molecule has 2 N–H and O–H groups in total. The number of nitrogens with zero attached hydrogens (tertiary/aromatic N) is 2. The van der Waals surface area contributed by atoms with E-state index in [1.54, 1.807) is 44.2 Å². The van der Waals surface area contributed by atoms with Gasteiger partial charge in [0.05, 0.1) is 11.8 Å². The van der Waals surface area contributed by atoms with Gasteiger partial charge in [-0.2, -0.15) is 0 Å². The van der Waals surface area contributed by atoms with Crippen molar-refractivity contribution in [2.75, 3.05) is 23.3 Å². The van der Waals surface area contributed by atoms with E-state index < -0.39 is 11.4 Å². The highest BCUT2D eigenvalue weighted by Crippen LogP contribution is 2.24. The molecule has 148 valence electrons. The molecule has 1 saturated heterocycles. The highest BCUT2D eigenvalue weighted by molar-refractivity contribution is 5.91. The van der Waals surface area contributed by atoms with Gasteiger partial charge in [-0.1, -0.05) is 30.3 Å². The van der Waals surface area contributed by atoms with Gasteiger partial charge in [-0.3, -0.25) is 9.59 Å². The Kier molecular flexibility index (Phi) is 5.97. The van der Waals surface area contributed by atoms with Crippen molar-refractivity contribution >= 4 is 23.5 Å². The second-order valence-electron chi connectivity index (χ2n) is 7.78. The average Bonchev–Trinajstić information content (AvgIpc) is 2.69. The number of nitrogens with one attached hydrogen (secondary N) is 1. The van der Waals surface area contributed by atoms with E-state index in [9.17, 15) is 14.7 Å². The molecule has 2 aromatic rings. The summed E-state index contributed by atoms with van der Waals surface area (Å²) in [7, 11) is 0. The van der Waals surface area contributed by atoms with Crippen molar-refractivity contribution in [2.45, 2.75) is 44.9 Å². The molecule has 0 bridgehead atoms. The van der Waals surface area contributed by atoms with Crippen LogP contribution in [-0.4, -0.2) is 35.1 Å². The zero-order valence-corrected chi connectivity index (χ0v) is 16.4. The Morgan fingerprint density at radius 3 is 2.39 bits per heavy atom. The first-order valence-corrected chi connectivity index (χ1v) is 9.71. The van der Waals surface area contributed by atoms with Crippen LogP contribution >= 0.6 is 0 Å². The van der Waals surface area contributed by atoms with Crippen molar-refractivity contribution < 1.29 is 14.7 Å². The molecule has 1 fully saturated rings. The van der Waals surface area contributed by atoms with E-state index in [2.05, 4.69) is 15.2 Å². The third-order valence-corrected chi connectivity index (χ3v) is 5.26. The van der Waals surface area contributed by atoms with Gasteiger partial charge in [0.15, 0.2) is 0 Å². The molecule has 1 amide bonds. The summed E-state index contributed by atoms with van der Waals surface area (Å²) in [6, 6.07) is 12.8. The van der Waals surface area contributed by atoms with Crippen LogP contribution < -0.4 is 10.2 Å². The molecule has 0 unspecified atom stereocenters. The first kappa shape index (κ1) is 19.9. The van der Waals surface area contributed by atoms with Gasteiger partial charge in [-0.05, 0) is 56.4 Å². The van der Waals surface area contributed by atoms with Gasteiger partial charge in [0, 0.05) is 13.1 Å². The summed E-state index contributed by atoms with van der Waals surface area (Å²) < 4.78 is 0. The molecular formula is C22H27N3O3. The van der Waals surface area contributed by atoms with E-state index in [0.29, 0.717) is 11.4 Å². The number of amides is 1. The number of pyridine rings is 1. The number of hydrogen-bond donors (Lipinski definition) is 2. The Morgan fingerprint density at radius 2 is 1.75 bits per heavy atom. The van der Waals surface area contributed by atoms with Crippen molar-refractivity contribution in [1.82, 2.24) is 4.98 Å². The largest absolute Gasteiger partial charge is 0.481 e. The van der Waals surface area contributed by atoms with E-state index in [-0.39, 0.29) is 12.3 Å². The maximum absolute atomic E-state index is 12.4. The molecule has 28 heavy (non-hydrogen) atoms. The first-order chi connectivity index (χ1) is 13.4. The van der Waals surface area contributed by atoms with Crippen molar-refractivity contribution in [3.63, 3.8) is 0 Å². The molecule has 2 heterocycles. The number of aromatic nitrogens is 1. The number of hydrogen-bond acceptors (Lipinski definition) is 4. The van der Waals surface area contributed by atoms with Crippen molar-refractivity contribution in [3.8, 4) is 0 Å². The van der Waals surface area contributed by atoms with Crippen molar-refractivity contribution in [1.29, 1.82) is 0 Å². The lowest BCUT2D eigenvalue weighted by Gasteiger charge is -2.27. The lowest BCUT2D eigenvalue weighted by atomic mass is 9.84. The predicted molar refractivity (Wildman–Crippen MR) is 110 cm³/mol. The highest BCUT2D eigenvalue weighted by atomic mass is 16.4. The monoisotopic (exact) mass is 381 g/mol. The van der Waals surface area contributed by atoms with Crippen LogP contribution in [-0.2, 0) is 21.4 Å². The van der Waals surface area contributed by atoms with E-state index in [4.69, 9.17) is 0 Å². The Hall–Kier alpha value is -2.89. The maximum Gasteiger partial charge on any atom is 0.313 e. The Bertz CT molecular complexity index is 840. The Balaban J connectivity index is 1.62. The van der Waals surface area contributed by atoms with Gasteiger partial charge in [0.25, 0.3) is 0 Å². The summed E-state index contributed by atoms with van der Waals surface area (Å²) in [4.78, 5) is 30.6. The fourth-order valence-corrected chi connectivity index (χ4v) is 3.33. The van der Waals surface area contributed by atoms with E-state index in [0.717, 1.165) is 24.5 Å². The van der Waals surface area contributed by atoms with Gasteiger partial charge < -0.3 is 15.3 Å². The molecular weight excluding hydrogens is 354 g/mol. The summed E-state index contributed by atoms with van der Waals surface area (Å²) in [6.45, 7) is 5.34. The number of carboxylic acids is 1. The summed E-state index contributed by atoms with van der Waals surface area (Å²) in [5.74, 6) is 0.431. The second-order valence-corrected chi connectivity index (χ2v) is 7.78. The van der Waals surface area contributed by atoms with Crippen LogP contribution in [0, 0.1) is 0 Å². The molecule has 0 spiro atoms. The predicted octanol–water partition coefficient (Wildman–Crippen LogP) is 3.62. The topological polar surface area (TPSA) is 82.5 Å². The number of rotatable bonds is 6.